The van der Waals surface area contributed by atoms with Crippen LogP contribution in [-0.2, 0) is 0 Å². The zero-order valence-electron chi connectivity index (χ0n) is 9.70. The molecule has 0 aliphatic carbocycles. The molecule has 3 heteroatoms. The lowest BCUT2D eigenvalue weighted by atomic mass is 9.91. The lowest BCUT2D eigenvalue weighted by Gasteiger charge is -2.27. The molecule has 0 unspecified atom stereocenters. The number of hydrogen-bond acceptors (Lipinski definition) is 0. The topological polar surface area (TPSA) is 0 Å². The summed E-state index contributed by atoms with van der Waals surface area (Å²) in [7, 11) is 0. The van der Waals surface area contributed by atoms with Gasteiger partial charge in [-0.2, -0.15) is 0 Å². The second-order valence-electron chi connectivity index (χ2n) is 4.19. The van der Waals surface area contributed by atoms with Gasteiger partial charge >= 0.3 is 0 Å². The van der Waals surface area contributed by atoms with Crippen LogP contribution in [0.1, 0.15) is 58.3 Å². The summed E-state index contributed by atoms with van der Waals surface area (Å²) in [5, 5.41) is 2.28. The van der Waals surface area contributed by atoms with Gasteiger partial charge in [0.1, 0.15) is 0 Å². The number of unbranched alkanes of at least 4 members (excludes halogenated alkanes) is 2. The number of halogens is 3. The predicted octanol–water partition coefficient (Wildman–Crippen LogP) is 6.05. The Kier molecular flexibility index (Phi) is 11.6. The van der Waals surface area contributed by atoms with E-state index in [1.165, 1.54) is 51.4 Å². The molecule has 0 radical (unpaired) electrons. The maximum absolute atomic E-state index is 3.98. The maximum Gasteiger partial charge on any atom is 0.0258 e. The Labute approximate surface area is 120 Å². The van der Waals surface area contributed by atoms with Crippen LogP contribution >= 0.6 is 47.8 Å². The lowest BCUT2D eigenvalue weighted by molar-refractivity contribution is 0.445. The van der Waals surface area contributed by atoms with Crippen LogP contribution in [0.2, 0.25) is 0 Å². The Morgan fingerprint density at radius 1 is 0.800 bits per heavy atom. The molecule has 0 N–H and O–H groups in total. The van der Waals surface area contributed by atoms with E-state index < -0.39 is 0 Å². The van der Waals surface area contributed by atoms with Gasteiger partial charge in [-0.3, -0.25) is 0 Å². The molecule has 0 fully saturated rings. The molecule has 0 atom stereocenters. The van der Waals surface area contributed by atoms with E-state index in [0.717, 1.165) is 10.7 Å². The molecule has 15 heavy (non-hydrogen) atoms. The van der Waals surface area contributed by atoms with Gasteiger partial charge in [-0.05, 0) is 32.1 Å². The van der Waals surface area contributed by atoms with Gasteiger partial charge in [0.15, 0.2) is 0 Å². The van der Waals surface area contributed by atoms with Crippen LogP contribution in [-0.4, -0.2) is 15.0 Å². The highest BCUT2D eigenvalue weighted by atomic mass is 79.9. The van der Waals surface area contributed by atoms with Crippen molar-refractivity contribution in [2.75, 3.05) is 10.7 Å². The van der Waals surface area contributed by atoms with Gasteiger partial charge in [0.05, 0.1) is 0 Å². The SMILES string of the molecule is CCCC(Br)(CCCCBr)CCCCBr. The summed E-state index contributed by atoms with van der Waals surface area (Å²) in [5.41, 5.74) is 0. The van der Waals surface area contributed by atoms with Crippen molar-refractivity contribution in [3.63, 3.8) is 0 Å². The molecule has 0 heterocycles. The zero-order chi connectivity index (χ0) is 11.6. The first-order valence-electron chi connectivity index (χ1n) is 5.99. The van der Waals surface area contributed by atoms with Gasteiger partial charge in [0, 0.05) is 15.0 Å². The number of rotatable bonds is 10. The predicted molar refractivity (Wildman–Crippen MR) is 81.9 cm³/mol. The van der Waals surface area contributed by atoms with Crippen LogP contribution in [0, 0.1) is 0 Å². The van der Waals surface area contributed by atoms with Crippen LogP contribution in [0.3, 0.4) is 0 Å². The largest absolute Gasteiger partial charge is 0.0928 e. The van der Waals surface area contributed by atoms with E-state index in [0.29, 0.717) is 4.32 Å². The molecule has 0 aromatic rings. The molecule has 0 saturated heterocycles. The normalized spacial score (nSPS) is 12.0. The minimum absolute atomic E-state index is 0.423. The molecule has 0 aromatic heterocycles. The molecule has 0 saturated carbocycles. The lowest BCUT2D eigenvalue weighted by Crippen LogP contribution is -2.20. The van der Waals surface area contributed by atoms with Gasteiger partial charge < -0.3 is 0 Å². The van der Waals surface area contributed by atoms with Crippen LogP contribution in [0.25, 0.3) is 0 Å². The summed E-state index contributed by atoms with van der Waals surface area (Å²) in [5.74, 6) is 0. The Morgan fingerprint density at radius 2 is 1.27 bits per heavy atom. The Morgan fingerprint density at radius 3 is 1.60 bits per heavy atom. The first kappa shape index (κ1) is 16.4. The minimum atomic E-state index is 0.423. The van der Waals surface area contributed by atoms with Gasteiger partial charge in [-0.15, -0.1) is 0 Å². The molecular weight excluding hydrogens is 384 g/mol. The van der Waals surface area contributed by atoms with Crippen LogP contribution in [0.4, 0.5) is 0 Å². The van der Waals surface area contributed by atoms with E-state index in [-0.39, 0.29) is 0 Å². The van der Waals surface area contributed by atoms with Gasteiger partial charge in [-0.25, -0.2) is 0 Å². The second kappa shape index (κ2) is 10.6. The average Bonchev–Trinajstić information content (AvgIpc) is 2.19. The van der Waals surface area contributed by atoms with Crippen molar-refractivity contribution < 1.29 is 0 Å². The molecule has 0 rings (SSSR count). The maximum atomic E-state index is 3.98. The van der Waals surface area contributed by atoms with Gasteiger partial charge in [-0.1, -0.05) is 74.0 Å². The first-order chi connectivity index (χ1) is 7.18. The average molecular weight is 407 g/mol. The van der Waals surface area contributed by atoms with Crippen molar-refractivity contribution in [2.45, 2.75) is 62.6 Å². The Bertz CT molecular complexity index is 127. The highest BCUT2D eigenvalue weighted by Crippen LogP contribution is 2.35. The van der Waals surface area contributed by atoms with Crippen molar-refractivity contribution >= 4 is 47.8 Å². The van der Waals surface area contributed by atoms with Crippen molar-refractivity contribution in [1.29, 1.82) is 0 Å². The van der Waals surface area contributed by atoms with Gasteiger partial charge in [0.2, 0.25) is 0 Å². The van der Waals surface area contributed by atoms with E-state index in [2.05, 4.69) is 54.7 Å². The van der Waals surface area contributed by atoms with Gasteiger partial charge in [0.25, 0.3) is 0 Å². The summed E-state index contributed by atoms with van der Waals surface area (Å²) in [6.07, 6.45) is 10.5. The molecule has 0 aromatic carbocycles. The second-order valence-corrected chi connectivity index (χ2v) is 7.46. The molecule has 0 amide bonds. The van der Waals surface area contributed by atoms with E-state index >= 15 is 0 Å². The summed E-state index contributed by atoms with van der Waals surface area (Å²) in [6.45, 7) is 2.28. The van der Waals surface area contributed by atoms with E-state index in [1.54, 1.807) is 0 Å². The smallest absolute Gasteiger partial charge is 0.0258 e. The van der Waals surface area contributed by atoms with Crippen LogP contribution in [0.15, 0.2) is 0 Å². The molecule has 0 spiro atoms. The van der Waals surface area contributed by atoms with Crippen molar-refractivity contribution in [1.82, 2.24) is 0 Å². The third-order valence-electron chi connectivity index (χ3n) is 2.71. The van der Waals surface area contributed by atoms with E-state index in [4.69, 9.17) is 0 Å². The quantitative estimate of drug-likeness (QED) is 0.306. The molecule has 0 nitrogen and oxygen atoms in total. The monoisotopic (exact) mass is 404 g/mol. The first-order valence-corrected chi connectivity index (χ1v) is 9.03. The van der Waals surface area contributed by atoms with E-state index in [9.17, 15) is 0 Å². The molecule has 0 bridgehead atoms. The summed E-state index contributed by atoms with van der Waals surface area (Å²) in [6, 6.07) is 0. The standard InChI is InChI=1S/C12H23Br3/c1-2-7-12(15,8-3-5-10-13)9-4-6-11-14/h2-11H2,1H3. The van der Waals surface area contributed by atoms with Crippen molar-refractivity contribution in [3.8, 4) is 0 Å². The number of hydrogen-bond donors (Lipinski definition) is 0. The molecular formula is C12H23Br3. The Balaban J connectivity index is 3.83. The van der Waals surface area contributed by atoms with E-state index in [1.807, 2.05) is 0 Å². The number of alkyl halides is 3. The highest BCUT2D eigenvalue weighted by Gasteiger charge is 2.24. The van der Waals surface area contributed by atoms with Crippen LogP contribution < -0.4 is 0 Å². The fourth-order valence-electron chi connectivity index (χ4n) is 1.90. The Hall–Kier alpha value is 1.44. The third kappa shape index (κ3) is 9.17. The highest BCUT2D eigenvalue weighted by molar-refractivity contribution is 9.10. The summed E-state index contributed by atoms with van der Waals surface area (Å²) >= 11 is 11.0. The van der Waals surface area contributed by atoms with Crippen molar-refractivity contribution in [2.24, 2.45) is 0 Å². The fourth-order valence-corrected chi connectivity index (χ4v) is 3.65. The van der Waals surface area contributed by atoms with Crippen LogP contribution in [0.5, 0.6) is 0 Å². The summed E-state index contributed by atoms with van der Waals surface area (Å²) < 4.78 is 0.423. The fraction of sp³-hybridized carbons (Fsp3) is 1.00. The molecule has 0 aliphatic heterocycles. The van der Waals surface area contributed by atoms with Crippen molar-refractivity contribution in [3.05, 3.63) is 0 Å². The summed E-state index contributed by atoms with van der Waals surface area (Å²) in [4.78, 5) is 0. The molecule has 92 valence electrons. The third-order valence-corrected chi connectivity index (χ3v) is 5.03. The minimum Gasteiger partial charge on any atom is -0.0928 e. The zero-order valence-corrected chi connectivity index (χ0v) is 14.5. The molecule has 0 aliphatic rings.